The molecule has 0 amide bonds. The second-order valence-electron chi connectivity index (χ2n) is 1.55. The number of rotatable bonds is 0. The maximum atomic E-state index is 9.10. The summed E-state index contributed by atoms with van der Waals surface area (Å²) in [7, 11) is -2.17. The van der Waals surface area contributed by atoms with E-state index in [1.54, 1.807) is 0 Å². The van der Waals surface area contributed by atoms with Crippen LogP contribution in [0.2, 0.25) is 0 Å². The number of hydrogen-bond donors (Lipinski definition) is 6. The van der Waals surface area contributed by atoms with Crippen molar-refractivity contribution in [2.75, 3.05) is 0 Å². The van der Waals surface area contributed by atoms with Crippen molar-refractivity contribution in [2.24, 2.45) is 0 Å². The molecule has 0 fully saturated rings. The van der Waals surface area contributed by atoms with Crippen LogP contribution < -0.4 is 24.0 Å². The van der Waals surface area contributed by atoms with Gasteiger partial charge >= 0.3 is 44.1 Å². The minimum absolute atomic E-state index is 0. The fourth-order valence-corrected chi connectivity index (χ4v) is 0. The molecular formula is C4H6BLiO11. The molecule has 0 unspecified atom stereocenters. The molecule has 0 atom stereocenters. The van der Waals surface area contributed by atoms with Crippen LogP contribution in [0, 0.1) is 0 Å². The van der Waals surface area contributed by atoms with Gasteiger partial charge in [-0.15, -0.1) is 0 Å². The van der Waals surface area contributed by atoms with E-state index in [-0.39, 0.29) is 18.9 Å². The monoisotopic (exact) mass is 248 g/mol. The Kier molecular flexibility index (Phi) is 20.9. The first kappa shape index (κ1) is 24.6. The molecule has 0 bridgehead atoms. The van der Waals surface area contributed by atoms with Crippen molar-refractivity contribution in [1.29, 1.82) is 0 Å². The zero-order valence-corrected chi connectivity index (χ0v) is 8.30. The van der Waals surface area contributed by atoms with Crippen molar-refractivity contribution in [3.8, 4) is 0 Å². The van der Waals surface area contributed by atoms with E-state index in [0.717, 1.165) is 0 Å². The molecule has 13 heteroatoms. The summed E-state index contributed by atoms with van der Waals surface area (Å²) in [5.41, 5.74) is 0. The average molecular weight is 248 g/mol. The normalized spacial score (nSPS) is 6.76. The summed E-state index contributed by atoms with van der Waals surface area (Å²) in [5.74, 6) is -7.66. The molecule has 0 saturated heterocycles. The van der Waals surface area contributed by atoms with Crippen LogP contribution in [0.4, 0.5) is 0 Å². The molecule has 0 aliphatic heterocycles. The Morgan fingerprint density at radius 1 is 0.765 bits per heavy atom. The molecule has 0 aromatic rings. The topological polar surface area (TPSA) is 213 Å². The number of carboxylic acids is 4. The third-order valence-electron chi connectivity index (χ3n) is 0.358. The molecule has 0 saturated carbocycles. The Balaban J connectivity index is -0.0000000741. The molecule has 0 aromatic heterocycles. The molecule has 0 aliphatic rings. The Bertz CT molecular complexity index is 211. The summed E-state index contributed by atoms with van der Waals surface area (Å²) >= 11 is 0. The zero-order valence-electron chi connectivity index (χ0n) is 8.30. The smallest absolute Gasteiger partial charge is 0.539 e. The van der Waals surface area contributed by atoms with E-state index in [1.165, 1.54) is 0 Å². The van der Waals surface area contributed by atoms with E-state index in [2.05, 4.69) is 0 Å². The van der Waals surface area contributed by atoms with Gasteiger partial charge in [0.2, 0.25) is 0 Å². The minimum Gasteiger partial charge on any atom is -0.539 e. The van der Waals surface area contributed by atoms with Gasteiger partial charge in [0.15, 0.2) is 5.97 Å². The number of aliphatic carboxylic acids is 4. The molecule has 11 nitrogen and oxygen atoms in total. The summed E-state index contributed by atoms with van der Waals surface area (Å²) in [6.45, 7) is 0. The predicted molar refractivity (Wildman–Crippen MR) is 40.3 cm³/mol. The van der Waals surface area contributed by atoms with E-state index in [1.807, 2.05) is 0 Å². The first-order chi connectivity index (χ1) is 7.02. The predicted octanol–water partition coefficient (Wildman–Crippen LogP) is -8.07. The van der Waals surface area contributed by atoms with E-state index >= 15 is 0 Å². The van der Waals surface area contributed by atoms with Gasteiger partial charge in [0, 0.05) is 0 Å². The van der Waals surface area contributed by atoms with Gasteiger partial charge in [-0.2, -0.15) is 0 Å². The molecule has 92 valence electrons. The second kappa shape index (κ2) is 14.4. The zero-order chi connectivity index (χ0) is 13.9. The molecule has 0 rings (SSSR count). The van der Waals surface area contributed by atoms with Gasteiger partial charge < -0.3 is 40.3 Å². The van der Waals surface area contributed by atoms with Crippen molar-refractivity contribution < 1.29 is 73.5 Å². The molecular weight excluding hydrogens is 242 g/mol. The van der Waals surface area contributed by atoms with Gasteiger partial charge in [0.1, 0.15) is 0 Å². The first-order valence-corrected chi connectivity index (χ1v) is 2.97. The summed E-state index contributed by atoms with van der Waals surface area (Å²) < 4.78 is 0. The van der Waals surface area contributed by atoms with E-state index in [0.29, 0.717) is 0 Å². The molecule has 17 heavy (non-hydrogen) atoms. The van der Waals surface area contributed by atoms with Crippen LogP contribution in [0.1, 0.15) is 0 Å². The minimum atomic E-state index is -2.17. The van der Waals surface area contributed by atoms with Gasteiger partial charge in [-0.05, 0) is 0 Å². The van der Waals surface area contributed by atoms with Crippen LogP contribution in [0.25, 0.3) is 0 Å². The Morgan fingerprint density at radius 3 is 0.882 bits per heavy atom. The number of hydrogen-bond acceptors (Lipinski definition) is 8. The standard InChI is InChI=1S/2C2H2O4.BH3O3.Li/c2*3-1(4)2(5)6;2-1(3)4;/h2*(H,3,4)(H,5,6);2-4H;/q;;;+1/p-1. The molecule has 0 radical (unpaired) electrons. The Morgan fingerprint density at radius 2 is 0.882 bits per heavy atom. The third kappa shape index (κ3) is 54.0. The molecule has 0 aliphatic carbocycles. The van der Waals surface area contributed by atoms with Gasteiger partial charge in [-0.25, -0.2) is 14.4 Å². The fourth-order valence-electron chi connectivity index (χ4n) is 0. The van der Waals surface area contributed by atoms with Crippen molar-refractivity contribution >= 4 is 31.2 Å². The second-order valence-corrected chi connectivity index (χ2v) is 1.55. The van der Waals surface area contributed by atoms with Crippen molar-refractivity contribution in [1.82, 2.24) is 0 Å². The van der Waals surface area contributed by atoms with E-state index in [4.69, 9.17) is 54.7 Å². The maximum absolute atomic E-state index is 9.10. The van der Waals surface area contributed by atoms with Crippen LogP contribution >= 0.6 is 0 Å². The van der Waals surface area contributed by atoms with E-state index in [9.17, 15) is 0 Å². The number of carboxylic acid groups (broad SMARTS) is 4. The number of carbonyl (C=O) groups is 4. The van der Waals surface area contributed by atoms with Gasteiger partial charge in [0.05, 0.1) is 0 Å². The van der Waals surface area contributed by atoms with Gasteiger partial charge in [-0.1, -0.05) is 0 Å². The Hall–Kier alpha value is -1.58. The molecule has 0 heterocycles. The van der Waals surface area contributed by atoms with Crippen LogP contribution in [0.5, 0.6) is 0 Å². The summed E-state index contributed by atoms with van der Waals surface area (Å²) in [5, 5.41) is 52.6. The molecule has 6 N–H and O–H groups in total. The van der Waals surface area contributed by atoms with Crippen LogP contribution in [-0.4, -0.2) is 61.6 Å². The van der Waals surface area contributed by atoms with Crippen LogP contribution in [0.3, 0.4) is 0 Å². The third-order valence-corrected chi connectivity index (χ3v) is 0.358. The Labute approximate surface area is 105 Å². The quantitative estimate of drug-likeness (QED) is 0.175. The maximum Gasteiger partial charge on any atom is 1.00 e. The molecule has 0 spiro atoms. The first-order valence-electron chi connectivity index (χ1n) is 2.97. The van der Waals surface area contributed by atoms with Crippen molar-refractivity contribution in [2.45, 2.75) is 0 Å². The average Bonchev–Trinajstić information content (AvgIpc) is 2.03. The fraction of sp³-hybridized carbons (Fsp3) is 0. The SMILES string of the molecule is O=C(O)C(=O)O.O=C([O-])C(=O)O.OB(O)O.[Li+]. The van der Waals surface area contributed by atoms with Crippen molar-refractivity contribution in [3.63, 3.8) is 0 Å². The largest absolute Gasteiger partial charge is 1.00 e. The van der Waals surface area contributed by atoms with Gasteiger partial charge in [0.25, 0.3) is 0 Å². The summed E-state index contributed by atoms with van der Waals surface area (Å²) in [6.07, 6.45) is 0. The number of carbonyl (C=O) groups excluding carboxylic acids is 1. The molecule has 0 aromatic carbocycles. The summed E-state index contributed by atoms with van der Waals surface area (Å²) in [4.78, 5) is 36.2. The van der Waals surface area contributed by atoms with Crippen LogP contribution in [0.15, 0.2) is 0 Å². The van der Waals surface area contributed by atoms with Crippen LogP contribution in [-0.2, 0) is 19.2 Å². The van der Waals surface area contributed by atoms with Crippen molar-refractivity contribution in [3.05, 3.63) is 0 Å². The van der Waals surface area contributed by atoms with Gasteiger partial charge in [-0.3, -0.25) is 0 Å². The summed E-state index contributed by atoms with van der Waals surface area (Å²) in [6, 6.07) is 0. The van der Waals surface area contributed by atoms with E-state index < -0.39 is 31.2 Å².